The van der Waals surface area contributed by atoms with Crippen LogP contribution in [0.5, 0.6) is 5.88 Å². The van der Waals surface area contributed by atoms with Crippen molar-refractivity contribution in [2.75, 3.05) is 12.4 Å². The van der Waals surface area contributed by atoms with Crippen molar-refractivity contribution >= 4 is 11.7 Å². The molecule has 2 rings (SSSR count). The van der Waals surface area contributed by atoms with Crippen LogP contribution in [0, 0.1) is 11.6 Å². The molecule has 0 bridgehead atoms. The highest BCUT2D eigenvalue weighted by molar-refractivity contribution is 5.89. The van der Waals surface area contributed by atoms with E-state index in [0.717, 1.165) is 12.1 Å². The molecule has 1 aromatic heterocycles. The van der Waals surface area contributed by atoms with Gasteiger partial charge in [-0.05, 0) is 18.2 Å². The van der Waals surface area contributed by atoms with Gasteiger partial charge in [-0.2, -0.15) is 0 Å². The van der Waals surface area contributed by atoms with Crippen molar-refractivity contribution < 1.29 is 18.3 Å². The number of hydrogen-bond donors (Lipinski definition) is 2. The fourth-order valence-corrected chi connectivity index (χ4v) is 1.69. The van der Waals surface area contributed by atoms with Crippen molar-refractivity contribution in [2.45, 2.75) is 6.54 Å². The number of aromatic nitrogens is 1. The first-order valence-corrected chi connectivity index (χ1v) is 6.08. The Morgan fingerprint density at radius 2 is 1.95 bits per heavy atom. The summed E-state index contributed by atoms with van der Waals surface area (Å²) >= 11 is 0. The highest BCUT2D eigenvalue weighted by atomic mass is 19.1. The van der Waals surface area contributed by atoms with Crippen molar-refractivity contribution in [1.29, 1.82) is 0 Å². The van der Waals surface area contributed by atoms with E-state index < -0.39 is 23.4 Å². The normalized spacial score (nSPS) is 10.0. The van der Waals surface area contributed by atoms with E-state index in [1.54, 1.807) is 18.3 Å². The molecule has 2 N–H and O–H groups in total. The Labute approximate surface area is 120 Å². The topological polar surface area (TPSA) is 63.2 Å². The number of rotatable bonds is 4. The summed E-state index contributed by atoms with van der Waals surface area (Å²) in [6, 6.07) is 6.01. The number of carbonyl (C=O) groups excluding carboxylic acids is 1. The van der Waals surface area contributed by atoms with Crippen LogP contribution in [0.4, 0.5) is 19.3 Å². The van der Waals surface area contributed by atoms with E-state index in [0.29, 0.717) is 11.4 Å². The number of nitrogens with zero attached hydrogens (tertiary/aromatic N) is 1. The average Bonchev–Trinajstić information content (AvgIpc) is 2.49. The molecule has 0 atom stereocenters. The van der Waals surface area contributed by atoms with Crippen molar-refractivity contribution in [1.82, 2.24) is 10.3 Å². The minimum atomic E-state index is -0.843. The minimum Gasteiger partial charge on any atom is -0.481 e. The third-order valence-corrected chi connectivity index (χ3v) is 2.68. The Morgan fingerprint density at radius 1 is 1.24 bits per heavy atom. The number of benzene rings is 1. The molecule has 0 aliphatic rings. The highest BCUT2D eigenvalue weighted by Gasteiger charge is 2.12. The third kappa shape index (κ3) is 3.65. The van der Waals surface area contributed by atoms with E-state index in [2.05, 4.69) is 15.6 Å². The van der Waals surface area contributed by atoms with E-state index in [-0.39, 0.29) is 6.54 Å². The lowest BCUT2D eigenvalue weighted by molar-refractivity contribution is 0.251. The predicted octanol–water partition coefficient (Wildman–Crippen LogP) is 2.69. The lowest BCUT2D eigenvalue weighted by Crippen LogP contribution is -2.29. The van der Waals surface area contributed by atoms with Crippen LogP contribution in [0.1, 0.15) is 5.56 Å². The molecule has 21 heavy (non-hydrogen) atoms. The van der Waals surface area contributed by atoms with Gasteiger partial charge < -0.3 is 15.4 Å². The number of carbonyl (C=O) groups is 1. The molecule has 2 amide bonds. The molecule has 0 spiro atoms. The number of methoxy groups -OCH3 is 1. The molecule has 0 saturated carbocycles. The van der Waals surface area contributed by atoms with E-state index >= 15 is 0 Å². The maximum Gasteiger partial charge on any atom is 0.319 e. The molecule has 0 unspecified atom stereocenters. The lowest BCUT2D eigenvalue weighted by atomic mass is 10.2. The average molecular weight is 293 g/mol. The number of halogens is 2. The Morgan fingerprint density at radius 3 is 2.62 bits per heavy atom. The first-order chi connectivity index (χ1) is 10.1. The lowest BCUT2D eigenvalue weighted by Gasteiger charge is -2.10. The number of anilines is 1. The maximum absolute atomic E-state index is 13.4. The largest absolute Gasteiger partial charge is 0.481 e. The SMILES string of the molecule is COc1ncccc1CNC(=O)Nc1c(F)cccc1F. The van der Waals surface area contributed by atoms with Gasteiger partial charge in [-0.3, -0.25) is 0 Å². The molecule has 0 aliphatic carbocycles. The summed E-state index contributed by atoms with van der Waals surface area (Å²) in [5, 5.41) is 4.60. The predicted molar refractivity (Wildman–Crippen MR) is 73.0 cm³/mol. The fraction of sp³-hybridized carbons (Fsp3) is 0.143. The number of urea groups is 1. The molecule has 0 radical (unpaired) electrons. The molecule has 1 heterocycles. The molecule has 110 valence electrons. The van der Waals surface area contributed by atoms with Gasteiger partial charge in [0.15, 0.2) is 0 Å². The number of pyridine rings is 1. The number of nitrogens with one attached hydrogen (secondary N) is 2. The van der Waals surface area contributed by atoms with Crippen LogP contribution in [0.25, 0.3) is 0 Å². The van der Waals surface area contributed by atoms with Crippen molar-refractivity contribution in [3.8, 4) is 5.88 Å². The van der Waals surface area contributed by atoms with Crippen molar-refractivity contribution in [3.63, 3.8) is 0 Å². The van der Waals surface area contributed by atoms with Crippen LogP contribution in [-0.4, -0.2) is 18.1 Å². The van der Waals surface area contributed by atoms with Gasteiger partial charge in [-0.1, -0.05) is 12.1 Å². The van der Waals surface area contributed by atoms with E-state index in [4.69, 9.17) is 4.74 Å². The van der Waals surface area contributed by atoms with Crippen LogP contribution in [-0.2, 0) is 6.54 Å². The van der Waals surface area contributed by atoms with Crippen molar-refractivity contribution in [3.05, 3.63) is 53.7 Å². The van der Waals surface area contributed by atoms with E-state index in [9.17, 15) is 13.6 Å². The minimum absolute atomic E-state index is 0.110. The molecular formula is C14H13F2N3O2. The number of amides is 2. The summed E-state index contributed by atoms with van der Waals surface area (Å²) in [7, 11) is 1.46. The summed E-state index contributed by atoms with van der Waals surface area (Å²) in [4.78, 5) is 15.6. The van der Waals surface area contributed by atoms with Gasteiger partial charge >= 0.3 is 6.03 Å². The second-order valence-corrected chi connectivity index (χ2v) is 4.08. The Hall–Kier alpha value is -2.70. The highest BCUT2D eigenvalue weighted by Crippen LogP contribution is 2.18. The third-order valence-electron chi connectivity index (χ3n) is 2.68. The van der Waals surface area contributed by atoms with E-state index in [1.165, 1.54) is 13.2 Å². The Kier molecular flexibility index (Phi) is 4.65. The summed E-state index contributed by atoms with van der Waals surface area (Å²) in [5.74, 6) is -1.32. The molecule has 5 nitrogen and oxygen atoms in total. The van der Waals surface area contributed by atoms with E-state index in [1.807, 2.05) is 0 Å². The van der Waals surface area contributed by atoms with Crippen LogP contribution in [0.2, 0.25) is 0 Å². The number of ether oxygens (including phenoxy) is 1. The monoisotopic (exact) mass is 293 g/mol. The zero-order chi connectivity index (χ0) is 15.2. The maximum atomic E-state index is 13.4. The Balaban J connectivity index is 1.99. The van der Waals surface area contributed by atoms with Crippen LogP contribution in [0.3, 0.4) is 0 Å². The second-order valence-electron chi connectivity index (χ2n) is 4.08. The molecule has 2 aromatic rings. The van der Waals surface area contributed by atoms with Gasteiger partial charge in [0.2, 0.25) is 5.88 Å². The first kappa shape index (κ1) is 14.7. The van der Waals surface area contributed by atoms with Gasteiger partial charge in [0.25, 0.3) is 0 Å². The molecule has 0 saturated heterocycles. The van der Waals surface area contributed by atoms with Gasteiger partial charge in [-0.15, -0.1) is 0 Å². The Bertz CT molecular complexity index is 630. The van der Waals surface area contributed by atoms with Gasteiger partial charge in [0.1, 0.15) is 17.3 Å². The number of para-hydroxylation sites is 1. The van der Waals surface area contributed by atoms with Crippen molar-refractivity contribution in [2.24, 2.45) is 0 Å². The van der Waals surface area contributed by atoms with Gasteiger partial charge in [-0.25, -0.2) is 18.6 Å². The second kappa shape index (κ2) is 6.65. The van der Waals surface area contributed by atoms with Crippen LogP contribution < -0.4 is 15.4 Å². The van der Waals surface area contributed by atoms with Crippen LogP contribution >= 0.6 is 0 Å². The molecule has 0 aliphatic heterocycles. The first-order valence-electron chi connectivity index (χ1n) is 6.08. The smallest absolute Gasteiger partial charge is 0.319 e. The summed E-state index contributed by atoms with van der Waals surface area (Å²) < 4.78 is 31.8. The number of hydrogen-bond acceptors (Lipinski definition) is 3. The fourth-order valence-electron chi connectivity index (χ4n) is 1.69. The standard InChI is InChI=1S/C14H13F2N3O2/c1-21-13-9(4-3-7-17-13)8-18-14(20)19-12-10(15)5-2-6-11(12)16/h2-7H,8H2,1H3,(H2,18,19,20). The van der Waals surface area contributed by atoms with Gasteiger partial charge in [0, 0.05) is 18.3 Å². The molecule has 1 aromatic carbocycles. The molecule has 0 fully saturated rings. The summed E-state index contributed by atoms with van der Waals surface area (Å²) in [5.41, 5.74) is 0.150. The molecular weight excluding hydrogens is 280 g/mol. The summed E-state index contributed by atoms with van der Waals surface area (Å²) in [6.07, 6.45) is 1.55. The quantitative estimate of drug-likeness (QED) is 0.911. The summed E-state index contributed by atoms with van der Waals surface area (Å²) in [6.45, 7) is 0.110. The zero-order valence-electron chi connectivity index (χ0n) is 11.2. The zero-order valence-corrected chi connectivity index (χ0v) is 11.2. The van der Waals surface area contributed by atoms with Gasteiger partial charge in [0.05, 0.1) is 7.11 Å². The molecule has 7 heteroatoms. The van der Waals surface area contributed by atoms with Crippen LogP contribution in [0.15, 0.2) is 36.5 Å².